The molecule has 5 rings (SSSR count). The van der Waals surface area contributed by atoms with Gasteiger partial charge in [-0.05, 0) is 57.2 Å². The third-order valence-corrected chi connectivity index (χ3v) is 6.29. The molecule has 1 aliphatic carbocycles. The first kappa shape index (κ1) is 23.5. The second-order valence-electron chi connectivity index (χ2n) is 10.2. The zero-order valence-electron chi connectivity index (χ0n) is 20.1. The Bertz CT molecular complexity index is 1400. The average Bonchev–Trinajstić information content (AvgIpc) is 3.53. The molecule has 35 heavy (non-hydrogen) atoms. The van der Waals surface area contributed by atoms with Crippen LogP contribution >= 0.6 is 11.6 Å². The molecule has 0 spiro atoms. The standard InChI is InChI=1S/C27H28ClN3O4/c1-27(2,3)35-25(32)14-31-26(33)20-7-5-4-6-19(20)23(30-31)12-18-10-17-11-21(28)24(13-22(17)29-18)34-15-16-8-9-16/h4-7,11,13,16H,8-10,12,14-15H2,1-3H3. The van der Waals surface area contributed by atoms with Gasteiger partial charge in [0.15, 0.2) is 0 Å². The van der Waals surface area contributed by atoms with E-state index in [1.807, 2.05) is 24.3 Å². The predicted octanol–water partition coefficient (Wildman–Crippen LogP) is 5.05. The van der Waals surface area contributed by atoms with Gasteiger partial charge in [-0.25, -0.2) is 4.68 Å². The van der Waals surface area contributed by atoms with Gasteiger partial charge in [0.25, 0.3) is 5.56 Å². The summed E-state index contributed by atoms with van der Waals surface area (Å²) in [5.74, 6) is 0.790. The molecule has 1 fully saturated rings. The van der Waals surface area contributed by atoms with Gasteiger partial charge >= 0.3 is 5.97 Å². The second kappa shape index (κ2) is 9.11. The number of hydrogen-bond donors (Lipinski definition) is 0. The summed E-state index contributed by atoms with van der Waals surface area (Å²) < 4.78 is 12.5. The van der Waals surface area contributed by atoms with E-state index in [-0.39, 0.29) is 12.1 Å². The molecule has 1 aliphatic heterocycles. The van der Waals surface area contributed by atoms with E-state index in [0.717, 1.165) is 22.3 Å². The number of hydrogen-bond acceptors (Lipinski definition) is 6. The van der Waals surface area contributed by atoms with E-state index < -0.39 is 11.6 Å². The van der Waals surface area contributed by atoms with Crippen LogP contribution in [-0.2, 0) is 28.9 Å². The zero-order valence-corrected chi connectivity index (χ0v) is 20.9. The molecular weight excluding hydrogens is 466 g/mol. The van der Waals surface area contributed by atoms with Gasteiger partial charge in [0.05, 0.1) is 28.4 Å². The van der Waals surface area contributed by atoms with Gasteiger partial charge in [-0.15, -0.1) is 0 Å². The van der Waals surface area contributed by atoms with E-state index in [9.17, 15) is 9.59 Å². The minimum atomic E-state index is -0.646. The minimum absolute atomic E-state index is 0.252. The lowest BCUT2D eigenvalue weighted by atomic mass is 10.0. The number of aromatic nitrogens is 2. The lowest BCUT2D eigenvalue weighted by Crippen LogP contribution is -2.32. The Morgan fingerprint density at radius 1 is 1.17 bits per heavy atom. The van der Waals surface area contributed by atoms with Crippen molar-refractivity contribution in [3.63, 3.8) is 0 Å². The molecule has 0 atom stereocenters. The maximum Gasteiger partial charge on any atom is 0.328 e. The maximum absolute atomic E-state index is 13.0. The summed E-state index contributed by atoms with van der Waals surface area (Å²) in [6.07, 6.45) is 3.50. The number of esters is 1. The SMILES string of the molecule is CC(C)(C)OC(=O)Cn1nc(CC2=Nc3cc(OCC4CC4)c(Cl)cc3C2)c2ccccc2c1=O. The summed E-state index contributed by atoms with van der Waals surface area (Å²) >= 11 is 6.46. The fraction of sp³-hybridized carbons (Fsp3) is 0.407. The molecule has 0 bridgehead atoms. The Kier molecular flexibility index (Phi) is 6.13. The lowest BCUT2D eigenvalue weighted by Gasteiger charge is -2.19. The molecule has 7 nitrogen and oxygen atoms in total. The predicted molar refractivity (Wildman–Crippen MR) is 136 cm³/mol. The summed E-state index contributed by atoms with van der Waals surface area (Å²) in [4.78, 5) is 30.3. The van der Waals surface area contributed by atoms with E-state index >= 15 is 0 Å². The fourth-order valence-corrected chi connectivity index (χ4v) is 4.44. The van der Waals surface area contributed by atoms with Crippen molar-refractivity contribution in [1.82, 2.24) is 9.78 Å². The molecule has 0 radical (unpaired) electrons. The Balaban J connectivity index is 1.42. The van der Waals surface area contributed by atoms with E-state index in [4.69, 9.17) is 26.1 Å². The van der Waals surface area contributed by atoms with Crippen molar-refractivity contribution in [2.45, 2.75) is 58.6 Å². The van der Waals surface area contributed by atoms with Crippen LogP contribution in [0.25, 0.3) is 10.8 Å². The van der Waals surface area contributed by atoms with E-state index in [1.54, 1.807) is 32.9 Å². The smallest absolute Gasteiger partial charge is 0.328 e. The topological polar surface area (TPSA) is 82.8 Å². The Morgan fingerprint density at radius 2 is 1.91 bits per heavy atom. The zero-order chi connectivity index (χ0) is 24.7. The molecule has 8 heteroatoms. The Hall–Kier alpha value is -3.19. The lowest BCUT2D eigenvalue weighted by molar-refractivity contribution is -0.155. The molecule has 0 N–H and O–H groups in total. The minimum Gasteiger partial charge on any atom is -0.492 e. The van der Waals surface area contributed by atoms with E-state index in [1.165, 1.54) is 17.5 Å². The van der Waals surface area contributed by atoms with Crippen molar-refractivity contribution in [2.75, 3.05) is 6.61 Å². The van der Waals surface area contributed by atoms with Crippen LogP contribution in [-0.4, -0.2) is 33.7 Å². The quantitative estimate of drug-likeness (QED) is 0.430. The number of carbonyl (C=O) groups is 1. The van der Waals surface area contributed by atoms with Crippen LogP contribution < -0.4 is 10.3 Å². The highest BCUT2D eigenvalue weighted by Gasteiger charge is 2.24. The third-order valence-electron chi connectivity index (χ3n) is 5.99. The summed E-state index contributed by atoms with van der Waals surface area (Å²) in [6.45, 7) is 5.80. The monoisotopic (exact) mass is 493 g/mol. The third kappa shape index (κ3) is 5.40. The van der Waals surface area contributed by atoms with Crippen molar-refractivity contribution in [1.29, 1.82) is 0 Å². The molecule has 2 aliphatic rings. The van der Waals surface area contributed by atoms with Crippen LogP contribution in [0.1, 0.15) is 44.9 Å². The number of rotatable bonds is 7. The van der Waals surface area contributed by atoms with E-state index in [2.05, 4.69) is 5.10 Å². The van der Waals surface area contributed by atoms with Gasteiger partial charge in [-0.2, -0.15) is 5.10 Å². The van der Waals surface area contributed by atoms with Crippen LogP contribution in [0.5, 0.6) is 5.75 Å². The van der Waals surface area contributed by atoms with Gasteiger partial charge in [0.1, 0.15) is 17.9 Å². The van der Waals surface area contributed by atoms with Gasteiger partial charge < -0.3 is 9.47 Å². The first-order valence-corrected chi connectivity index (χ1v) is 12.3. The number of aliphatic imine (C=N–C) groups is 1. The highest BCUT2D eigenvalue weighted by molar-refractivity contribution is 6.32. The van der Waals surface area contributed by atoms with Crippen LogP contribution in [0.4, 0.5) is 5.69 Å². The van der Waals surface area contributed by atoms with Crippen LogP contribution in [0.3, 0.4) is 0 Å². The highest BCUT2D eigenvalue weighted by atomic mass is 35.5. The first-order valence-electron chi connectivity index (χ1n) is 11.9. The van der Waals surface area contributed by atoms with Crippen LogP contribution in [0.2, 0.25) is 5.02 Å². The van der Waals surface area contributed by atoms with Crippen molar-refractivity contribution in [2.24, 2.45) is 10.9 Å². The largest absolute Gasteiger partial charge is 0.492 e. The number of ether oxygens (including phenoxy) is 2. The molecule has 2 heterocycles. The number of carbonyl (C=O) groups excluding carboxylic acids is 1. The summed E-state index contributed by atoms with van der Waals surface area (Å²) in [6, 6.07) is 11.1. The van der Waals surface area contributed by atoms with Gasteiger partial charge in [0.2, 0.25) is 0 Å². The summed E-state index contributed by atoms with van der Waals surface area (Å²) in [5.41, 5.74) is 2.52. The van der Waals surface area contributed by atoms with Gasteiger partial charge in [0, 0.05) is 30.0 Å². The van der Waals surface area contributed by atoms with Crippen molar-refractivity contribution in [3.8, 4) is 5.75 Å². The summed E-state index contributed by atoms with van der Waals surface area (Å²) in [7, 11) is 0. The Morgan fingerprint density at radius 3 is 2.63 bits per heavy atom. The molecule has 0 saturated heterocycles. The van der Waals surface area contributed by atoms with Crippen LogP contribution in [0.15, 0.2) is 46.2 Å². The van der Waals surface area contributed by atoms with Crippen LogP contribution in [0, 0.1) is 5.92 Å². The fourth-order valence-electron chi connectivity index (χ4n) is 4.20. The Labute approximate surface area is 208 Å². The second-order valence-corrected chi connectivity index (χ2v) is 10.6. The number of halogens is 1. The molecule has 3 aromatic rings. The molecular formula is C27H28ClN3O4. The van der Waals surface area contributed by atoms with E-state index in [0.29, 0.717) is 47.2 Å². The maximum atomic E-state index is 13.0. The highest BCUT2D eigenvalue weighted by Crippen LogP contribution is 2.38. The molecule has 182 valence electrons. The number of benzene rings is 2. The van der Waals surface area contributed by atoms with Crippen molar-refractivity contribution in [3.05, 3.63) is 63.0 Å². The molecule has 2 aromatic carbocycles. The molecule has 0 amide bonds. The van der Waals surface area contributed by atoms with Gasteiger partial charge in [-0.3, -0.25) is 14.6 Å². The first-order chi connectivity index (χ1) is 16.7. The number of fused-ring (bicyclic) bond motifs is 2. The van der Waals surface area contributed by atoms with Gasteiger partial charge in [-0.1, -0.05) is 29.8 Å². The normalized spacial score (nSPS) is 15.1. The molecule has 1 aromatic heterocycles. The average molecular weight is 494 g/mol. The summed E-state index contributed by atoms with van der Waals surface area (Å²) in [5, 5.41) is 6.42. The van der Waals surface area contributed by atoms with Crippen molar-refractivity contribution >= 4 is 39.7 Å². The number of nitrogens with zero attached hydrogens (tertiary/aromatic N) is 3. The molecule has 0 unspecified atom stereocenters. The van der Waals surface area contributed by atoms with Crippen molar-refractivity contribution < 1.29 is 14.3 Å². The molecule has 1 saturated carbocycles.